The van der Waals surface area contributed by atoms with Crippen LogP contribution in [-0.2, 0) is 10.8 Å². The second-order valence-corrected chi connectivity index (χ2v) is 33.4. The van der Waals surface area contributed by atoms with Crippen LogP contribution in [0.25, 0.3) is 72.0 Å². The minimum atomic E-state index is -0.260. The van der Waals surface area contributed by atoms with E-state index < -0.39 is 0 Å². The number of anilines is 12. The maximum Gasteiger partial charge on any atom is 0.252 e. The Kier molecular flexibility index (Phi) is 15.8. The van der Waals surface area contributed by atoms with Gasteiger partial charge in [-0.25, -0.2) is 0 Å². The summed E-state index contributed by atoms with van der Waals surface area (Å²) in [5.41, 5.74) is 35.8. The first kappa shape index (κ1) is 67.1. The highest BCUT2D eigenvalue weighted by molar-refractivity contribution is 8.00. The van der Waals surface area contributed by atoms with Crippen molar-refractivity contribution in [3.63, 3.8) is 0 Å². The summed E-state index contributed by atoms with van der Waals surface area (Å²) in [5.74, 6) is 0. The fraction of sp³-hybridized carbons (Fsp3) is 0.0769. The Labute approximate surface area is 661 Å². The number of rotatable bonds is 11. The van der Waals surface area contributed by atoms with E-state index in [1.807, 2.05) is 11.8 Å². The van der Waals surface area contributed by atoms with Crippen LogP contribution in [0.2, 0.25) is 0 Å². The van der Waals surface area contributed by atoms with Gasteiger partial charge in [-0.05, 0) is 175 Å². The first-order chi connectivity index (χ1) is 54.9. The van der Waals surface area contributed by atoms with E-state index >= 15 is 0 Å². The second kappa shape index (κ2) is 26.4. The van der Waals surface area contributed by atoms with Crippen molar-refractivity contribution in [2.24, 2.45) is 0 Å². The van der Waals surface area contributed by atoms with Crippen molar-refractivity contribution in [3.05, 3.63) is 381 Å². The molecule has 16 aromatic carbocycles. The zero-order valence-electron chi connectivity index (χ0n) is 63.5. The Morgan fingerprint density at radius 2 is 0.670 bits per heavy atom. The van der Waals surface area contributed by atoms with Gasteiger partial charge in [0.05, 0.1) is 28.1 Å². The number of para-hydroxylation sites is 6. The summed E-state index contributed by atoms with van der Waals surface area (Å²) in [5, 5.41) is 2.49. The summed E-state index contributed by atoms with van der Waals surface area (Å²) in [6, 6.07) is 140. The van der Waals surface area contributed by atoms with Crippen LogP contribution in [-0.4, -0.2) is 18.0 Å². The van der Waals surface area contributed by atoms with Crippen molar-refractivity contribution in [1.29, 1.82) is 0 Å². The maximum absolute atomic E-state index is 2.71. The molecule has 5 nitrogen and oxygen atoms in total. The van der Waals surface area contributed by atoms with Gasteiger partial charge in [0.15, 0.2) is 0 Å². The van der Waals surface area contributed by atoms with Crippen LogP contribution in [0, 0.1) is 0 Å². The third-order valence-corrected chi connectivity index (χ3v) is 24.8. The van der Waals surface area contributed by atoms with Crippen molar-refractivity contribution < 1.29 is 0 Å². The topological polar surface area (TPSA) is 17.9 Å². The highest BCUT2D eigenvalue weighted by atomic mass is 32.2. The molecule has 5 heterocycles. The molecule has 0 spiro atoms. The van der Waals surface area contributed by atoms with E-state index in [4.69, 9.17) is 0 Å². The SMILES string of the molecule is CC(C)(C)c1ccc2c(c1)c1cc(C(C)(C)C)ccc1n2-c1cc2c3c(c1)N(c1c(-c4ccccc4)cccc1-c1ccccc1)c1ccccc1B3c1cc3c(cc1N2c1ccccc1)N(c1c(-c2ccccc2)cccc1-c1ccccc1)c1cc(N(c2ccccc2)c2ccccc2)cc2c1B3c1ccccc1S2. The Balaban J connectivity index is 0.923. The molecule has 0 N–H and O–H groups in total. The van der Waals surface area contributed by atoms with Crippen LogP contribution in [0.3, 0.4) is 0 Å². The van der Waals surface area contributed by atoms with Gasteiger partial charge in [0.25, 0.3) is 6.71 Å². The van der Waals surface area contributed by atoms with Gasteiger partial charge in [0.2, 0.25) is 6.71 Å². The molecule has 0 atom stereocenters. The third-order valence-electron chi connectivity index (χ3n) is 23.7. The van der Waals surface area contributed by atoms with Crippen LogP contribution in [0.15, 0.2) is 380 Å². The van der Waals surface area contributed by atoms with Crippen molar-refractivity contribution >= 4 is 148 Å². The smallest absolute Gasteiger partial charge is 0.252 e. The minimum Gasteiger partial charge on any atom is -0.311 e. The van der Waals surface area contributed by atoms with Crippen LogP contribution >= 0.6 is 11.8 Å². The van der Waals surface area contributed by atoms with E-state index in [1.165, 1.54) is 64.5 Å². The highest BCUT2D eigenvalue weighted by Crippen LogP contribution is 2.56. The Morgan fingerprint density at radius 1 is 0.268 bits per heavy atom. The molecule has 0 unspecified atom stereocenters. The van der Waals surface area contributed by atoms with Gasteiger partial charge in [-0.3, -0.25) is 0 Å². The molecule has 17 aromatic rings. The normalized spacial score (nSPS) is 13.1. The first-order valence-corrected chi connectivity index (χ1v) is 40.0. The molecule has 4 aliphatic heterocycles. The van der Waals surface area contributed by atoms with Gasteiger partial charge < -0.3 is 24.2 Å². The van der Waals surface area contributed by atoms with E-state index in [0.717, 1.165) is 129 Å². The highest BCUT2D eigenvalue weighted by Gasteiger charge is 2.49. The fourth-order valence-corrected chi connectivity index (χ4v) is 19.7. The van der Waals surface area contributed by atoms with E-state index in [9.17, 15) is 0 Å². The van der Waals surface area contributed by atoms with Gasteiger partial charge >= 0.3 is 0 Å². The zero-order chi connectivity index (χ0) is 75.1. The molecule has 532 valence electrons. The molecule has 0 fully saturated rings. The minimum absolute atomic E-state index is 0.0898. The predicted octanol–water partition coefficient (Wildman–Crippen LogP) is 24.4. The number of fused-ring (bicyclic) bond motifs is 11. The van der Waals surface area contributed by atoms with E-state index in [1.54, 1.807) is 0 Å². The summed E-state index contributed by atoms with van der Waals surface area (Å²) in [6.45, 7) is 13.6. The zero-order valence-corrected chi connectivity index (χ0v) is 64.3. The lowest BCUT2D eigenvalue weighted by Crippen LogP contribution is -2.64. The van der Waals surface area contributed by atoms with Crippen LogP contribution < -0.4 is 52.4 Å². The van der Waals surface area contributed by atoms with Crippen molar-refractivity contribution in [2.45, 2.75) is 62.2 Å². The molecule has 112 heavy (non-hydrogen) atoms. The lowest BCUT2D eigenvalue weighted by Gasteiger charge is -2.47. The molecule has 0 radical (unpaired) electrons. The van der Waals surface area contributed by atoms with E-state index in [0.29, 0.717) is 0 Å². The standard InChI is InChI=1S/C104H79B2N5S/c1-103(2,3)72-56-58-89-83(60-72)84-61-73(104(4,5)6)57-59-90(84)109(89)77-62-94-99-95(63-77)110(101-79(68-34-14-7-15-35-68)48-32-49-80(101)69-36-16-8-17-37-69)91-54-30-28-52-85(91)105(99)87-66-88-93(67-92(87)108(94)76-46-26-13-27-47-76)111(102-81(70-38-18-9-19-39-70)50-33-51-82(102)71-40-20-10-21-41-71)96-64-78(65-98-100(96)106(88)86-53-29-31-55-97(86)112-98)107(74-42-22-11-23-43-74)75-44-24-12-25-45-75/h7-67H,1-6H3. The number of hydrogen-bond donors (Lipinski definition) is 0. The summed E-state index contributed by atoms with van der Waals surface area (Å²) < 4.78 is 2.59. The van der Waals surface area contributed by atoms with E-state index in [2.05, 4.69) is 436 Å². The predicted molar refractivity (Wildman–Crippen MR) is 479 cm³/mol. The van der Waals surface area contributed by atoms with Gasteiger partial charge in [-0.2, -0.15) is 0 Å². The van der Waals surface area contributed by atoms with Crippen LogP contribution in [0.1, 0.15) is 52.7 Å². The van der Waals surface area contributed by atoms with Gasteiger partial charge in [0.1, 0.15) is 0 Å². The largest absolute Gasteiger partial charge is 0.311 e. The van der Waals surface area contributed by atoms with Gasteiger partial charge in [-0.1, -0.05) is 326 Å². The van der Waals surface area contributed by atoms with Crippen molar-refractivity contribution in [2.75, 3.05) is 19.6 Å². The average Bonchev–Trinajstić information content (AvgIpc) is 0.719. The van der Waals surface area contributed by atoms with Gasteiger partial charge in [0, 0.05) is 99.7 Å². The summed E-state index contributed by atoms with van der Waals surface area (Å²) in [6.07, 6.45) is 0. The molecule has 1 aromatic heterocycles. The molecule has 0 bridgehead atoms. The lowest BCUT2D eigenvalue weighted by atomic mass is 9.30. The van der Waals surface area contributed by atoms with Crippen LogP contribution in [0.5, 0.6) is 0 Å². The molecule has 21 rings (SSSR count). The summed E-state index contributed by atoms with van der Waals surface area (Å²) >= 11 is 1.90. The van der Waals surface area contributed by atoms with Crippen LogP contribution in [0.4, 0.5) is 68.2 Å². The summed E-state index contributed by atoms with van der Waals surface area (Å²) in [7, 11) is 0. The Hall–Kier alpha value is -13.0. The molecule has 0 aliphatic carbocycles. The number of nitrogens with zero attached hydrogens (tertiary/aromatic N) is 5. The molecule has 8 heteroatoms. The average molecular weight is 1450 g/mol. The van der Waals surface area contributed by atoms with Crippen molar-refractivity contribution in [1.82, 2.24) is 4.57 Å². The molecular formula is C104H79B2N5S. The number of hydrogen-bond acceptors (Lipinski definition) is 5. The number of benzene rings is 16. The van der Waals surface area contributed by atoms with E-state index in [-0.39, 0.29) is 24.3 Å². The monoisotopic (exact) mass is 1450 g/mol. The van der Waals surface area contributed by atoms with Crippen molar-refractivity contribution in [3.8, 4) is 50.2 Å². The summed E-state index contributed by atoms with van der Waals surface area (Å²) in [4.78, 5) is 13.0. The Bertz CT molecular complexity index is 6350. The molecule has 0 saturated carbocycles. The lowest BCUT2D eigenvalue weighted by molar-refractivity contribution is 0.590. The molecule has 0 saturated heterocycles. The van der Waals surface area contributed by atoms with Gasteiger partial charge in [-0.15, -0.1) is 0 Å². The fourth-order valence-electron chi connectivity index (χ4n) is 18.5. The third kappa shape index (κ3) is 10.9. The Morgan fingerprint density at radius 3 is 1.16 bits per heavy atom. The molecule has 0 amide bonds. The molecule has 4 aliphatic rings. The number of aromatic nitrogens is 1. The molecular weight excluding hydrogens is 1370 g/mol. The maximum atomic E-state index is 2.71. The second-order valence-electron chi connectivity index (χ2n) is 32.3. The first-order valence-electron chi connectivity index (χ1n) is 39.2. The quantitative estimate of drug-likeness (QED) is 0.120.